The fourth-order valence-electron chi connectivity index (χ4n) is 5.48. The van der Waals surface area contributed by atoms with E-state index in [0.29, 0.717) is 23.7 Å². The van der Waals surface area contributed by atoms with Crippen LogP contribution in [0.5, 0.6) is 0 Å². The Hall–Kier alpha value is -0.200. The van der Waals surface area contributed by atoms with Crippen LogP contribution >= 0.6 is 0 Å². The summed E-state index contributed by atoms with van der Waals surface area (Å²) < 4.78 is 12.7. The lowest BCUT2D eigenvalue weighted by atomic mass is 9.58. The van der Waals surface area contributed by atoms with Crippen molar-refractivity contribution in [2.75, 3.05) is 14.1 Å². The molecular weight excluding hydrogens is 282 g/mol. The minimum absolute atomic E-state index is 0.0706. The molecule has 5 heteroatoms. The first kappa shape index (κ1) is 15.3. The predicted octanol–water partition coefficient (Wildman–Crippen LogP) is 2.76. The predicted molar refractivity (Wildman–Crippen MR) is 80.5 cm³/mol. The van der Waals surface area contributed by atoms with E-state index in [-0.39, 0.29) is 12.5 Å². The molecule has 4 aliphatic heterocycles. The molecule has 5 nitrogen and oxygen atoms in total. The van der Waals surface area contributed by atoms with Crippen molar-refractivity contribution in [2.24, 2.45) is 23.7 Å². The van der Waals surface area contributed by atoms with E-state index in [1.54, 1.807) is 0 Å². The first-order valence-corrected chi connectivity index (χ1v) is 8.74. The van der Waals surface area contributed by atoms with Gasteiger partial charge in [0.1, 0.15) is 6.23 Å². The molecule has 0 aromatic heterocycles. The first-order chi connectivity index (χ1) is 10.4. The summed E-state index contributed by atoms with van der Waals surface area (Å²) in [6.07, 6.45) is 4.13. The van der Waals surface area contributed by atoms with Gasteiger partial charge in [-0.3, -0.25) is 4.90 Å². The molecule has 1 spiro atoms. The molecule has 8 atom stereocenters. The van der Waals surface area contributed by atoms with E-state index in [0.717, 1.165) is 19.3 Å². The molecule has 0 aromatic rings. The maximum absolute atomic E-state index is 6.42. The summed E-state index contributed by atoms with van der Waals surface area (Å²) in [4.78, 5) is 14.1. The summed E-state index contributed by atoms with van der Waals surface area (Å²) in [5.74, 6) is 1.22. The van der Waals surface area contributed by atoms with Gasteiger partial charge in [0.2, 0.25) is 5.79 Å². The highest BCUT2D eigenvalue weighted by atomic mass is 17.3. The van der Waals surface area contributed by atoms with Crippen molar-refractivity contribution in [3.8, 4) is 0 Å². The van der Waals surface area contributed by atoms with Gasteiger partial charge in [-0.1, -0.05) is 13.8 Å². The zero-order valence-electron chi connectivity index (χ0n) is 14.4. The minimum atomic E-state index is -0.672. The number of rotatable bonds is 1. The quantitative estimate of drug-likeness (QED) is 0.696. The van der Waals surface area contributed by atoms with Crippen LogP contribution in [0.3, 0.4) is 0 Å². The summed E-state index contributed by atoms with van der Waals surface area (Å²) in [5.41, 5.74) is -0.431. The van der Waals surface area contributed by atoms with Crippen LogP contribution in [0, 0.1) is 23.7 Å². The second-order valence-corrected chi connectivity index (χ2v) is 8.26. The summed E-state index contributed by atoms with van der Waals surface area (Å²) in [6.45, 7) is 6.61. The van der Waals surface area contributed by atoms with Crippen LogP contribution in [-0.4, -0.2) is 42.9 Å². The fourth-order valence-corrected chi connectivity index (χ4v) is 5.48. The summed E-state index contributed by atoms with van der Waals surface area (Å²) in [7, 11) is 4.16. The third kappa shape index (κ3) is 1.89. The van der Waals surface area contributed by atoms with Crippen molar-refractivity contribution >= 4 is 0 Å². The summed E-state index contributed by atoms with van der Waals surface area (Å²) in [6, 6.07) is 0. The highest BCUT2D eigenvalue weighted by Gasteiger charge is 2.69. The fraction of sp³-hybridized carbons (Fsp3) is 1.00. The highest BCUT2D eigenvalue weighted by molar-refractivity contribution is 5.09. The summed E-state index contributed by atoms with van der Waals surface area (Å²) in [5, 5.41) is 0. The van der Waals surface area contributed by atoms with E-state index >= 15 is 0 Å². The molecule has 1 saturated carbocycles. The van der Waals surface area contributed by atoms with Gasteiger partial charge >= 0.3 is 0 Å². The molecule has 2 bridgehead atoms. The lowest BCUT2D eigenvalue weighted by molar-refractivity contribution is -0.573. The molecule has 4 heterocycles. The minimum Gasteiger partial charge on any atom is -0.331 e. The van der Waals surface area contributed by atoms with Crippen LogP contribution in [0.2, 0.25) is 0 Å². The molecule has 0 unspecified atom stereocenters. The Morgan fingerprint density at radius 2 is 1.77 bits per heavy atom. The second kappa shape index (κ2) is 4.90. The lowest BCUT2D eigenvalue weighted by Gasteiger charge is -2.61. The van der Waals surface area contributed by atoms with Crippen molar-refractivity contribution in [1.82, 2.24) is 4.90 Å². The van der Waals surface area contributed by atoms with Crippen molar-refractivity contribution in [3.05, 3.63) is 0 Å². The molecule has 1 aliphatic carbocycles. The van der Waals surface area contributed by atoms with Gasteiger partial charge in [-0.05, 0) is 52.1 Å². The second-order valence-electron chi connectivity index (χ2n) is 8.26. The monoisotopic (exact) mass is 311 g/mol. The molecule has 0 aromatic carbocycles. The number of ether oxygens (including phenoxy) is 2. The highest BCUT2D eigenvalue weighted by Crippen LogP contribution is 2.60. The molecule has 0 N–H and O–H groups in total. The third-order valence-electron chi connectivity index (χ3n) is 6.63. The molecule has 4 saturated heterocycles. The average molecular weight is 311 g/mol. The van der Waals surface area contributed by atoms with E-state index in [9.17, 15) is 0 Å². The SMILES string of the molecule is C[C@H]1[C@H](N(C)C)O[C@@H]2O[C@@]3(C)CC[C@H]4[C@H](C)CC[C@@H]1[C@@]24OO3. The van der Waals surface area contributed by atoms with E-state index in [2.05, 4.69) is 32.8 Å². The van der Waals surface area contributed by atoms with Gasteiger partial charge in [-0.25, -0.2) is 9.78 Å². The number of hydrogen-bond acceptors (Lipinski definition) is 5. The third-order valence-corrected chi connectivity index (χ3v) is 6.63. The lowest BCUT2D eigenvalue weighted by Crippen LogP contribution is -2.71. The van der Waals surface area contributed by atoms with Crippen LogP contribution in [0.25, 0.3) is 0 Å². The van der Waals surface area contributed by atoms with Gasteiger partial charge in [-0.2, -0.15) is 0 Å². The molecule has 126 valence electrons. The molecule has 0 radical (unpaired) electrons. The van der Waals surface area contributed by atoms with E-state index in [4.69, 9.17) is 19.2 Å². The molecular formula is C17H29NO4. The van der Waals surface area contributed by atoms with Crippen molar-refractivity contribution in [3.63, 3.8) is 0 Å². The maximum Gasteiger partial charge on any atom is 0.201 e. The number of hydrogen-bond donors (Lipinski definition) is 0. The smallest absolute Gasteiger partial charge is 0.201 e. The van der Waals surface area contributed by atoms with Gasteiger partial charge in [0.15, 0.2) is 11.9 Å². The van der Waals surface area contributed by atoms with Crippen molar-refractivity contribution < 1.29 is 19.2 Å². The van der Waals surface area contributed by atoms with Crippen LogP contribution in [0.15, 0.2) is 0 Å². The van der Waals surface area contributed by atoms with Gasteiger partial charge in [-0.15, -0.1) is 0 Å². The average Bonchev–Trinajstić information content (AvgIpc) is 2.69. The number of nitrogens with zero attached hydrogens (tertiary/aromatic N) is 1. The normalized spacial score (nSPS) is 57.5. The summed E-state index contributed by atoms with van der Waals surface area (Å²) >= 11 is 0. The van der Waals surface area contributed by atoms with Gasteiger partial charge in [0.25, 0.3) is 0 Å². The van der Waals surface area contributed by atoms with Crippen LogP contribution in [-0.2, 0) is 19.2 Å². The molecule has 22 heavy (non-hydrogen) atoms. The van der Waals surface area contributed by atoms with E-state index < -0.39 is 11.4 Å². The van der Waals surface area contributed by atoms with Crippen molar-refractivity contribution in [1.29, 1.82) is 0 Å². The Kier molecular flexibility index (Phi) is 3.41. The van der Waals surface area contributed by atoms with Crippen LogP contribution in [0.4, 0.5) is 0 Å². The molecule has 5 fully saturated rings. The molecule has 0 amide bonds. The molecule has 5 rings (SSSR count). The number of fused-ring (bicyclic) bond motifs is 2. The zero-order valence-corrected chi connectivity index (χ0v) is 14.4. The van der Waals surface area contributed by atoms with E-state index in [1.807, 2.05) is 6.92 Å². The molecule has 5 aliphatic rings. The van der Waals surface area contributed by atoms with Crippen LogP contribution in [0.1, 0.15) is 46.5 Å². The van der Waals surface area contributed by atoms with Crippen molar-refractivity contribution in [2.45, 2.75) is 70.4 Å². The van der Waals surface area contributed by atoms with Gasteiger partial charge in [0.05, 0.1) is 0 Å². The maximum atomic E-state index is 6.42. The van der Waals surface area contributed by atoms with Crippen LogP contribution < -0.4 is 0 Å². The first-order valence-electron chi connectivity index (χ1n) is 8.74. The van der Waals surface area contributed by atoms with E-state index in [1.165, 1.54) is 6.42 Å². The Bertz CT molecular complexity index is 458. The van der Waals surface area contributed by atoms with Gasteiger partial charge < -0.3 is 9.47 Å². The largest absolute Gasteiger partial charge is 0.331 e. The Labute approximate surface area is 133 Å². The zero-order chi connectivity index (χ0) is 15.7. The Morgan fingerprint density at radius 3 is 2.50 bits per heavy atom. The van der Waals surface area contributed by atoms with Gasteiger partial charge in [0, 0.05) is 18.3 Å². The topological polar surface area (TPSA) is 40.2 Å². The Morgan fingerprint density at radius 1 is 1.00 bits per heavy atom. The standard InChI is InChI=1S/C17H29NO4/c1-10-6-7-13-11(2)14(18(4)5)19-15-17(13)12(10)8-9-16(3,20-15)21-22-17/h10-15H,6-9H2,1-5H3/t10-,11-,12+,13+,14-,15-,16-,17-/m1/s1. The Balaban J connectivity index is 1.79.